The van der Waals surface area contributed by atoms with Gasteiger partial charge in [-0.15, -0.1) is 0 Å². The largest absolute Gasteiger partial charge is 0.454 e. The molecule has 0 aliphatic carbocycles. The van der Waals surface area contributed by atoms with Gasteiger partial charge in [0.25, 0.3) is 23.6 Å². The summed E-state index contributed by atoms with van der Waals surface area (Å²) in [5, 5.41) is 5.18. The van der Waals surface area contributed by atoms with Gasteiger partial charge >= 0.3 is 11.9 Å². The maximum atomic E-state index is 13.0. The number of carbonyl (C=O) groups excluding carboxylic acids is 6. The van der Waals surface area contributed by atoms with Gasteiger partial charge in [0.1, 0.15) is 6.04 Å². The van der Waals surface area contributed by atoms with E-state index in [9.17, 15) is 28.8 Å². The van der Waals surface area contributed by atoms with Crippen molar-refractivity contribution in [2.75, 3.05) is 23.8 Å². The Morgan fingerprint density at radius 3 is 1.73 bits per heavy atom. The van der Waals surface area contributed by atoms with Gasteiger partial charge in [-0.05, 0) is 63.2 Å². The van der Waals surface area contributed by atoms with Crippen molar-refractivity contribution in [1.82, 2.24) is 4.90 Å². The number of carbonyl (C=O) groups is 6. The fraction of sp³-hybridized carbons (Fsp3) is 0.200. The van der Waals surface area contributed by atoms with Crippen LogP contribution < -0.4 is 10.6 Å². The Morgan fingerprint density at radius 2 is 1.20 bits per heavy atom. The first-order valence-electron chi connectivity index (χ1n) is 12.6. The zero-order chi connectivity index (χ0) is 29.7. The zero-order valence-electron chi connectivity index (χ0n) is 22.6. The summed E-state index contributed by atoms with van der Waals surface area (Å²) >= 11 is 0. The SMILES string of the molecule is Cc1ccc(NC(=O)COC(=O)c2ccc3c(c2)C(=O)N([C@H](C)C(=O)OCC(=O)Nc2ccc(C)cc2)C3=O)cc1. The maximum absolute atomic E-state index is 13.0. The molecule has 0 saturated heterocycles. The van der Waals surface area contributed by atoms with Crippen molar-refractivity contribution in [3.8, 4) is 0 Å². The van der Waals surface area contributed by atoms with Crippen LogP contribution in [-0.2, 0) is 23.9 Å². The van der Waals surface area contributed by atoms with E-state index >= 15 is 0 Å². The van der Waals surface area contributed by atoms with Crippen LogP contribution in [0.3, 0.4) is 0 Å². The Bertz CT molecular complexity index is 1530. The zero-order valence-corrected chi connectivity index (χ0v) is 22.6. The highest BCUT2D eigenvalue weighted by atomic mass is 16.5. The molecule has 4 rings (SSSR count). The molecule has 3 aromatic rings. The van der Waals surface area contributed by atoms with Crippen molar-refractivity contribution in [3.63, 3.8) is 0 Å². The van der Waals surface area contributed by atoms with Crippen molar-refractivity contribution in [2.45, 2.75) is 26.8 Å². The van der Waals surface area contributed by atoms with E-state index in [-0.39, 0.29) is 16.7 Å². The van der Waals surface area contributed by atoms with Crippen LogP contribution >= 0.6 is 0 Å². The van der Waals surface area contributed by atoms with Gasteiger partial charge in [-0.25, -0.2) is 9.59 Å². The number of imide groups is 1. The van der Waals surface area contributed by atoms with Crippen molar-refractivity contribution < 1.29 is 38.2 Å². The average molecular weight is 558 g/mol. The number of hydrogen-bond donors (Lipinski definition) is 2. The molecule has 210 valence electrons. The van der Waals surface area contributed by atoms with Crippen LogP contribution in [0.25, 0.3) is 0 Å². The quantitative estimate of drug-likeness (QED) is 0.301. The van der Waals surface area contributed by atoms with E-state index in [0.717, 1.165) is 11.1 Å². The molecule has 1 heterocycles. The number of amides is 4. The molecule has 0 fully saturated rings. The van der Waals surface area contributed by atoms with Gasteiger partial charge in [0, 0.05) is 11.4 Å². The molecule has 41 heavy (non-hydrogen) atoms. The third-order valence-corrected chi connectivity index (χ3v) is 6.23. The van der Waals surface area contributed by atoms with E-state index in [1.807, 2.05) is 26.0 Å². The predicted octanol–water partition coefficient (Wildman–Crippen LogP) is 3.27. The smallest absolute Gasteiger partial charge is 0.338 e. The number of rotatable bonds is 9. The predicted molar refractivity (Wildman–Crippen MR) is 147 cm³/mol. The van der Waals surface area contributed by atoms with Gasteiger partial charge in [-0.2, -0.15) is 0 Å². The van der Waals surface area contributed by atoms with Crippen LogP contribution in [0, 0.1) is 13.8 Å². The molecular weight excluding hydrogens is 530 g/mol. The Kier molecular flexibility index (Phi) is 8.57. The highest BCUT2D eigenvalue weighted by Crippen LogP contribution is 2.26. The fourth-order valence-electron chi connectivity index (χ4n) is 3.98. The standard InChI is InChI=1S/C30H27N3O8/c1-17-4-9-21(10-5-17)31-25(34)15-40-29(38)19(3)33-27(36)23-13-8-20(14-24(23)28(33)37)30(39)41-16-26(35)32-22-11-6-18(2)7-12-22/h4-14,19H,15-16H2,1-3H3,(H,31,34)(H,32,35)/t19-/m1/s1. The van der Waals surface area contributed by atoms with Crippen molar-refractivity contribution in [3.05, 3.63) is 94.5 Å². The summed E-state index contributed by atoms with van der Waals surface area (Å²) in [6, 6.07) is 16.4. The molecule has 0 unspecified atom stereocenters. The van der Waals surface area contributed by atoms with Gasteiger partial charge in [-0.1, -0.05) is 35.4 Å². The lowest BCUT2D eigenvalue weighted by atomic mass is 10.1. The second kappa shape index (κ2) is 12.2. The number of esters is 2. The summed E-state index contributed by atoms with van der Waals surface area (Å²) in [4.78, 5) is 76.0. The van der Waals surface area contributed by atoms with Crippen molar-refractivity contribution in [2.24, 2.45) is 0 Å². The fourth-order valence-corrected chi connectivity index (χ4v) is 3.98. The first kappa shape index (κ1) is 28.7. The lowest BCUT2D eigenvalue weighted by Gasteiger charge is -2.20. The Hall–Kier alpha value is -5.32. The lowest BCUT2D eigenvalue weighted by molar-refractivity contribution is -0.150. The van der Waals surface area contributed by atoms with E-state index in [1.165, 1.54) is 25.1 Å². The summed E-state index contributed by atoms with van der Waals surface area (Å²) < 4.78 is 10.1. The summed E-state index contributed by atoms with van der Waals surface area (Å²) in [6.45, 7) is 3.91. The summed E-state index contributed by atoms with van der Waals surface area (Å²) in [5.41, 5.74) is 2.91. The van der Waals surface area contributed by atoms with Crippen LogP contribution in [-0.4, -0.2) is 59.7 Å². The van der Waals surface area contributed by atoms with Crippen molar-refractivity contribution in [1.29, 1.82) is 0 Å². The van der Waals surface area contributed by atoms with E-state index in [0.29, 0.717) is 16.3 Å². The molecule has 2 N–H and O–H groups in total. The number of aryl methyl sites for hydroxylation is 2. The molecule has 0 radical (unpaired) electrons. The van der Waals surface area contributed by atoms with Crippen LogP contribution in [0.15, 0.2) is 66.7 Å². The van der Waals surface area contributed by atoms with E-state index in [2.05, 4.69) is 10.6 Å². The first-order valence-corrected chi connectivity index (χ1v) is 12.6. The third kappa shape index (κ3) is 6.82. The molecule has 0 saturated carbocycles. The summed E-state index contributed by atoms with van der Waals surface area (Å²) in [5.74, 6) is -4.55. The highest BCUT2D eigenvalue weighted by Gasteiger charge is 2.42. The van der Waals surface area contributed by atoms with Crippen LogP contribution in [0.5, 0.6) is 0 Å². The molecule has 3 aromatic carbocycles. The molecular formula is C30H27N3O8. The monoisotopic (exact) mass is 557 g/mol. The lowest BCUT2D eigenvalue weighted by Crippen LogP contribution is -2.44. The molecule has 1 atom stereocenters. The number of ether oxygens (including phenoxy) is 2. The van der Waals surface area contributed by atoms with E-state index < -0.39 is 54.8 Å². The van der Waals surface area contributed by atoms with Gasteiger partial charge in [0.05, 0.1) is 16.7 Å². The van der Waals surface area contributed by atoms with Crippen molar-refractivity contribution >= 4 is 46.9 Å². The second-order valence-corrected chi connectivity index (χ2v) is 9.43. The molecule has 11 nitrogen and oxygen atoms in total. The first-order chi connectivity index (χ1) is 19.5. The number of nitrogens with one attached hydrogen (secondary N) is 2. The van der Waals surface area contributed by atoms with E-state index in [1.54, 1.807) is 36.4 Å². The summed E-state index contributed by atoms with van der Waals surface area (Å²) in [6.07, 6.45) is 0. The van der Waals surface area contributed by atoms with Gasteiger partial charge < -0.3 is 20.1 Å². The maximum Gasteiger partial charge on any atom is 0.338 e. The normalized spacial score (nSPS) is 12.8. The van der Waals surface area contributed by atoms with Gasteiger partial charge in [-0.3, -0.25) is 24.1 Å². The number of nitrogens with zero attached hydrogens (tertiary/aromatic N) is 1. The molecule has 11 heteroatoms. The average Bonchev–Trinajstić information content (AvgIpc) is 3.21. The topological polar surface area (TPSA) is 148 Å². The molecule has 1 aliphatic heterocycles. The van der Waals surface area contributed by atoms with Crippen LogP contribution in [0.4, 0.5) is 11.4 Å². The van der Waals surface area contributed by atoms with Crippen LogP contribution in [0.2, 0.25) is 0 Å². The molecule has 4 amide bonds. The van der Waals surface area contributed by atoms with Crippen LogP contribution in [0.1, 0.15) is 49.1 Å². The third-order valence-electron chi connectivity index (χ3n) is 6.23. The number of hydrogen-bond acceptors (Lipinski definition) is 8. The number of fused-ring (bicyclic) bond motifs is 1. The Balaban J connectivity index is 1.33. The number of benzene rings is 3. The number of anilines is 2. The second-order valence-electron chi connectivity index (χ2n) is 9.43. The Morgan fingerprint density at radius 1 is 0.707 bits per heavy atom. The minimum atomic E-state index is -1.34. The molecule has 0 spiro atoms. The highest BCUT2D eigenvalue weighted by molar-refractivity contribution is 6.23. The molecule has 1 aliphatic rings. The molecule has 0 aromatic heterocycles. The van der Waals surface area contributed by atoms with Gasteiger partial charge in [0.15, 0.2) is 13.2 Å². The Labute approximate surface area is 235 Å². The minimum Gasteiger partial charge on any atom is -0.454 e. The molecule has 0 bridgehead atoms. The van der Waals surface area contributed by atoms with Gasteiger partial charge in [0.2, 0.25) is 0 Å². The summed E-state index contributed by atoms with van der Waals surface area (Å²) in [7, 11) is 0. The van der Waals surface area contributed by atoms with E-state index in [4.69, 9.17) is 9.47 Å². The minimum absolute atomic E-state index is 0.0135.